The Morgan fingerprint density at radius 1 is 1.28 bits per heavy atom. The molecule has 3 rings (SSSR count). The first-order valence-electron chi connectivity index (χ1n) is 9.54. The van der Waals surface area contributed by atoms with Crippen LogP contribution in [0.2, 0.25) is 0 Å². The van der Waals surface area contributed by atoms with Gasteiger partial charge in [0.05, 0.1) is 12.0 Å². The number of fused-ring (bicyclic) bond motifs is 1. The van der Waals surface area contributed by atoms with Crippen molar-refractivity contribution in [2.45, 2.75) is 45.6 Å². The number of hydrogen-bond donors (Lipinski definition) is 1. The van der Waals surface area contributed by atoms with E-state index in [0.29, 0.717) is 35.0 Å². The van der Waals surface area contributed by atoms with Gasteiger partial charge in [0.2, 0.25) is 0 Å². The van der Waals surface area contributed by atoms with Crippen LogP contribution >= 0.6 is 11.3 Å². The Hall–Kier alpha value is -2.51. The summed E-state index contributed by atoms with van der Waals surface area (Å²) in [6.07, 6.45) is 0.356. The van der Waals surface area contributed by atoms with E-state index in [9.17, 15) is 14.7 Å². The van der Waals surface area contributed by atoms with Crippen LogP contribution in [0, 0.1) is 0 Å². The van der Waals surface area contributed by atoms with E-state index in [4.69, 9.17) is 4.74 Å². The lowest BCUT2D eigenvalue weighted by molar-refractivity contribution is -0.146. The maximum Gasteiger partial charge on any atom is 0.329 e. The number of thiophene rings is 1. The fourth-order valence-corrected chi connectivity index (χ4v) is 4.28. The molecular formula is C22H26N2O4S. The average molecular weight is 415 g/mol. The molecule has 7 heteroatoms. The molecule has 0 spiro atoms. The topological polar surface area (TPSA) is 81.4 Å². The van der Waals surface area contributed by atoms with Gasteiger partial charge in [-0.2, -0.15) is 0 Å². The van der Waals surface area contributed by atoms with Crippen molar-refractivity contribution in [3.63, 3.8) is 0 Å². The van der Waals surface area contributed by atoms with Crippen LogP contribution in [0.3, 0.4) is 0 Å². The minimum Gasteiger partial charge on any atom is -0.480 e. The Bertz CT molecular complexity index is 1090. The monoisotopic (exact) mass is 414 g/mol. The number of benzene rings is 1. The van der Waals surface area contributed by atoms with Crippen LogP contribution in [0.25, 0.3) is 21.3 Å². The van der Waals surface area contributed by atoms with Crippen LogP contribution < -0.4 is 5.56 Å². The molecule has 0 atom stereocenters. The predicted octanol–water partition coefficient (Wildman–Crippen LogP) is 4.26. The van der Waals surface area contributed by atoms with Gasteiger partial charge in [0, 0.05) is 24.5 Å². The standard InChI is InChI=1S/C22H26N2O4S/c1-13(2)14-6-8-15(9-7-14)16-12-29-19-18(16)20(25)24(22(3,4)21(26)27)17(23-19)10-11-28-5/h6-9,12-13H,10-11H2,1-5H3,(H,26,27). The maximum absolute atomic E-state index is 13.5. The van der Waals surface area contributed by atoms with Gasteiger partial charge in [0.25, 0.3) is 5.56 Å². The number of carbonyl (C=O) groups is 1. The highest BCUT2D eigenvalue weighted by Crippen LogP contribution is 2.33. The van der Waals surface area contributed by atoms with Crippen molar-refractivity contribution in [3.05, 3.63) is 51.4 Å². The van der Waals surface area contributed by atoms with Crippen molar-refractivity contribution in [1.82, 2.24) is 9.55 Å². The first kappa shape index (κ1) is 21.2. The molecule has 2 heterocycles. The fraction of sp³-hybridized carbons (Fsp3) is 0.409. The molecule has 2 aromatic heterocycles. The van der Waals surface area contributed by atoms with Crippen molar-refractivity contribution in [2.75, 3.05) is 13.7 Å². The number of hydrogen-bond acceptors (Lipinski definition) is 5. The molecule has 6 nitrogen and oxygen atoms in total. The number of nitrogens with zero attached hydrogens (tertiary/aromatic N) is 2. The molecule has 0 aliphatic carbocycles. The molecular weight excluding hydrogens is 388 g/mol. The van der Waals surface area contributed by atoms with Crippen LogP contribution in [-0.2, 0) is 21.5 Å². The van der Waals surface area contributed by atoms with E-state index in [2.05, 4.69) is 31.0 Å². The molecule has 0 amide bonds. The van der Waals surface area contributed by atoms with Gasteiger partial charge in [-0.25, -0.2) is 9.78 Å². The third-order valence-corrected chi connectivity index (χ3v) is 6.05. The lowest BCUT2D eigenvalue weighted by Crippen LogP contribution is -2.45. The quantitative estimate of drug-likeness (QED) is 0.625. The van der Waals surface area contributed by atoms with Gasteiger partial charge in [-0.05, 0) is 30.9 Å². The number of aromatic nitrogens is 2. The molecule has 1 N–H and O–H groups in total. The summed E-state index contributed by atoms with van der Waals surface area (Å²) in [7, 11) is 1.56. The Kier molecular flexibility index (Phi) is 5.91. The minimum absolute atomic E-state index is 0.335. The van der Waals surface area contributed by atoms with Gasteiger partial charge < -0.3 is 9.84 Å². The zero-order valence-electron chi connectivity index (χ0n) is 17.4. The van der Waals surface area contributed by atoms with E-state index in [1.807, 2.05) is 17.5 Å². The lowest BCUT2D eigenvalue weighted by Gasteiger charge is -2.25. The second kappa shape index (κ2) is 8.08. The molecule has 0 unspecified atom stereocenters. The van der Waals surface area contributed by atoms with Gasteiger partial charge in [-0.3, -0.25) is 9.36 Å². The van der Waals surface area contributed by atoms with Gasteiger partial charge in [-0.1, -0.05) is 38.1 Å². The lowest BCUT2D eigenvalue weighted by atomic mass is 9.99. The second-order valence-corrected chi connectivity index (χ2v) is 8.74. The summed E-state index contributed by atoms with van der Waals surface area (Å²) in [6, 6.07) is 8.12. The summed E-state index contributed by atoms with van der Waals surface area (Å²) >= 11 is 1.40. The molecule has 3 aromatic rings. The third-order valence-electron chi connectivity index (χ3n) is 5.18. The second-order valence-electron chi connectivity index (χ2n) is 7.88. The molecule has 29 heavy (non-hydrogen) atoms. The molecule has 0 aliphatic rings. The number of methoxy groups -OCH3 is 1. The van der Waals surface area contributed by atoms with Gasteiger partial charge in [0.15, 0.2) is 0 Å². The van der Waals surface area contributed by atoms with E-state index >= 15 is 0 Å². The number of rotatable bonds is 7. The number of ether oxygens (including phenoxy) is 1. The first-order valence-corrected chi connectivity index (χ1v) is 10.4. The average Bonchev–Trinajstić information content (AvgIpc) is 3.10. The number of carboxylic acids is 1. The summed E-state index contributed by atoms with van der Waals surface area (Å²) in [5.41, 5.74) is 1.16. The summed E-state index contributed by atoms with van der Waals surface area (Å²) in [6.45, 7) is 7.65. The summed E-state index contributed by atoms with van der Waals surface area (Å²) in [5, 5.41) is 12.1. The molecule has 1 aromatic carbocycles. The van der Waals surface area contributed by atoms with E-state index in [1.54, 1.807) is 7.11 Å². The van der Waals surface area contributed by atoms with Gasteiger partial charge >= 0.3 is 5.97 Å². The maximum atomic E-state index is 13.5. The fourth-order valence-electron chi connectivity index (χ4n) is 3.33. The van der Waals surface area contributed by atoms with Crippen molar-refractivity contribution in [3.8, 4) is 11.1 Å². The van der Waals surface area contributed by atoms with Crippen LogP contribution in [0.15, 0.2) is 34.4 Å². The van der Waals surface area contributed by atoms with E-state index in [-0.39, 0.29) is 5.56 Å². The Morgan fingerprint density at radius 2 is 1.93 bits per heavy atom. The van der Waals surface area contributed by atoms with Gasteiger partial charge in [-0.15, -0.1) is 11.3 Å². The Balaban J connectivity index is 2.26. The number of carboxylic acid groups (broad SMARTS) is 1. The first-order chi connectivity index (χ1) is 13.7. The highest BCUT2D eigenvalue weighted by molar-refractivity contribution is 7.17. The molecule has 0 saturated carbocycles. The zero-order valence-corrected chi connectivity index (χ0v) is 18.2. The summed E-state index contributed by atoms with van der Waals surface area (Å²) in [5.74, 6) is -0.250. The SMILES string of the molecule is COCCc1nc2scc(-c3ccc(C(C)C)cc3)c2c(=O)n1C(C)(C)C(=O)O. The molecule has 0 bridgehead atoms. The van der Waals surface area contributed by atoms with Gasteiger partial charge in [0.1, 0.15) is 16.2 Å². The molecule has 154 valence electrons. The Morgan fingerprint density at radius 3 is 2.48 bits per heavy atom. The number of aliphatic carboxylic acids is 1. The minimum atomic E-state index is -1.43. The normalized spacial score (nSPS) is 12.1. The van der Waals surface area contributed by atoms with Crippen molar-refractivity contribution < 1.29 is 14.6 Å². The third kappa shape index (κ3) is 3.84. The van der Waals surface area contributed by atoms with E-state index in [1.165, 1.54) is 35.3 Å². The van der Waals surface area contributed by atoms with Crippen molar-refractivity contribution in [1.29, 1.82) is 0 Å². The molecule has 0 saturated heterocycles. The van der Waals surface area contributed by atoms with Crippen LogP contribution in [-0.4, -0.2) is 34.3 Å². The largest absolute Gasteiger partial charge is 0.480 e. The van der Waals surface area contributed by atoms with E-state index in [0.717, 1.165) is 11.1 Å². The highest BCUT2D eigenvalue weighted by atomic mass is 32.1. The van der Waals surface area contributed by atoms with E-state index < -0.39 is 11.5 Å². The van der Waals surface area contributed by atoms with Crippen LogP contribution in [0.4, 0.5) is 0 Å². The zero-order chi connectivity index (χ0) is 21.3. The smallest absolute Gasteiger partial charge is 0.329 e. The summed E-state index contributed by atoms with van der Waals surface area (Å²) < 4.78 is 6.43. The molecule has 0 radical (unpaired) electrons. The highest BCUT2D eigenvalue weighted by Gasteiger charge is 2.34. The Labute approximate surface area is 173 Å². The summed E-state index contributed by atoms with van der Waals surface area (Å²) in [4.78, 5) is 30.7. The van der Waals surface area contributed by atoms with Crippen LogP contribution in [0.5, 0.6) is 0 Å². The predicted molar refractivity (Wildman–Crippen MR) is 116 cm³/mol. The molecule has 0 fully saturated rings. The van der Waals surface area contributed by atoms with Crippen molar-refractivity contribution >= 4 is 27.5 Å². The van der Waals surface area contributed by atoms with Crippen molar-refractivity contribution in [2.24, 2.45) is 0 Å². The van der Waals surface area contributed by atoms with Crippen LogP contribution in [0.1, 0.15) is 45.0 Å². The molecule has 0 aliphatic heterocycles.